The first-order valence-corrected chi connectivity index (χ1v) is 13.7. The summed E-state index contributed by atoms with van der Waals surface area (Å²) in [7, 11) is 0. The summed E-state index contributed by atoms with van der Waals surface area (Å²) >= 11 is 0. The van der Waals surface area contributed by atoms with Crippen molar-refractivity contribution in [2.45, 2.75) is 69.1 Å². The maximum atomic E-state index is 13.6. The highest BCUT2D eigenvalue weighted by Gasteiger charge is 2.38. The number of phenolic OH excluding ortho intramolecular Hbond substituents is 1. The fourth-order valence-electron chi connectivity index (χ4n) is 4.53. The molecule has 42 heavy (non-hydrogen) atoms. The lowest BCUT2D eigenvalue weighted by Crippen LogP contribution is -2.57. The molecule has 232 valence electrons. The van der Waals surface area contributed by atoms with E-state index in [4.69, 9.17) is 28.7 Å². The Kier molecular flexibility index (Phi) is 13.3. The van der Waals surface area contributed by atoms with Gasteiger partial charge in [-0.05, 0) is 56.2 Å². The summed E-state index contributed by atoms with van der Waals surface area (Å²) < 4.78 is 0. The van der Waals surface area contributed by atoms with Gasteiger partial charge in [0.05, 0.1) is 6.04 Å². The van der Waals surface area contributed by atoms with E-state index in [9.17, 15) is 29.4 Å². The first-order valence-electron chi connectivity index (χ1n) is 13.7. The fourth-order valence-corrected chi connectivity index (χ4v) is 4.53. The van der Waals surface area contributed by atoms with E-state index in [1.165, 1.54) is 17.0 Å². The van der Waals surface area contributed by atoms with Crippen LogP contribution in [0.2, 0.25) is 0 Å². The number of nitrogens with zero attached hydrogens (tertiary/aromatic N) is 3. The quantitative estimate of drug-likeness (QED) is 0.0547. The van der Waals surface area contributed by atoms with Crippen LogP contribution in [0.3, 0.4) is 0 Å². The van der Waals surface area contributed by atoms with Gasteiger partial charge in [0, 0.05) is 26.1 Å². The topological polar surface area (TPSA) is 291 Å². The van der Waals surface area contributed by atoms with Crippen LogP contribution in [0.5, 0.6) is 5.75 Å². The summed E-state index contributed by atoms with van der Waals surface area (Å²) in [6.45, 7) is 0.697. The minimum absolute atomic E-state index is 0.0205. The van der Waals surface area contributed by atoms with Crippen LogP contribution in [0.15, 0.2) is 34.3 Å². The SMILES string of the molecule is NC(N)=NCCCC(N)C(=O)NC(CCCN=C(N)N)C(=O)NC(Cc1ccc(O)cc1)C(=O)N1CCCC1C(=O)O. The Morgan fingerprint density at radius 3 is 2.05 bits per heavy atom. The third-order valence-electron chi connectivity index (χ3n) is 6.69. The molecule has 0 spiro atoms. The molecule has 1 aliphatic heterocycles. The van der Waals surface area contributed by atoms with Gasteiger partial charge in [0.25, 0.3) is 0 Å². The number of carbonyl (C=O) groups excluding carboxylic acids is 3. The van der Waals surface area contributed by atoms with Gasteiger partial charge in [0.15, 0.2) is 11.9 Å². The number of likely N-dealkylation sites (tertiary alicyclic amines) is 1. The number of carboxylic acid groups (broad SMARTS) is 1. The molecule has 1 heterocycles. The fraction of sp³-hybridized carbons (Fsp3) is 0.538. The minimum Gasteiger partial charge on any atom is -0.508 e. The second-order valence-corrected chi connectivity index (χ2v) is 10.0. The molecule has 3 amide bonds. The molecule has 4 unspecified atom stereocenters. The standard InChI is InChI=1S/C26H42N10O6/c27-17(4-1-11-32-25(28)29)21(38)34-18(5-2-12-33-26(30)31)22(39)35-19(14-15-7-9-16(37)10-8-15)23(40)36-13-3-6-20(36)24(41)42/h7-10,17-20,37H,1-6,11-14,27H2,(H,34,38)(H,35,39)(H,41,42)(H4,28,29,32)(H4,30,31,33). The number of carboxylic acids is 1. The van der Waals surface area contributed by atoms with Gasteiger partial charge in [0.1, 0.15) is 23.9 Å². The van der Waals surface area contributed by atoms with Gasteiger partial charge in [-0.2, -0.15) is 0 Å². The highest BCUT2D eigenvalue weighted by Crippen LogP contribution is 2.20. The number of aliphatic imine (C=N–C) groups is 2. The van der Waals surface area contributed by atoms with E-state index in [2.05, 4.69) is 20.6 Å². The molecule has 4 atom stereocenters. The normalized spacial score (nSPS) is 16.5. The predicted octanol–water partition coefficient (Wildman–Crippen LogP) is -2.59. The largest absolute Gasteiger partial charge is 0.508 e. The van der Waals surface area contributed by atoms with Crippen LogP contribution in [0, 0.1) is 0 Å². The van der Waals surface area contributed by atoms with E-state index < -0.39 is 47.9 Å². The van der Waals surface area contributed by atoms with Crippen molar-refractivity contribution in [2.24, 2.45) is 38.7 Å². The highest BCUT2D eigenvalue weighted by atomic mass is 16.4. The Balaban J connectivity index is 2.23. The van der Waals surface area contributed by atoms with Crippen LogP contribution in [0.1, 0.15) is 44.1 Å². The van der Waals surface area contributed by atoms with Crippen LogP contribution in [-0.2, 0) is 25.6 Å². The zero-order valence-corrected chi connectivity index (χ0v) is 23.4. The number of aromatic hydroxyl groups is 1. The smallest absolute Gasteiger partial charge is 0.326 e. The van der Waals surface area contributed by atoms with Gasteiger partial charge < -0.3 is 54.4 Å². The molecule has 0 radical (unpaired) electrons. The zero-order chi connectivity index (χ0) is 31.2. The molecule has 1 saturated heterocycles. The summed E-state index contributed by atoms with van der Waals surface area (Å²) in [5.41, 5.74) is 28.0. The van der Waals surface area contributed by atoms with Gasteiger partial charge in [-0.1, -0.05) is 12.1 Å². The lowest BCUT2D eigenvalue weighted by Gasteiger charge is -2.29. The maximum absolute atomic E-state index is 13.6. The van der Waals surface area contributed by atoms with Crippen LogP contribution in [-0.4, -0.2) is 94.5 Å². The molecular weight excluding hydrogens is 548 g/mol. The molecule has 1 aromatic carbocycles. The van der Waals surface area contributed by atoms with E-state index in [1.807, 2.05) is 0 Å². The van der Waals surface area contributed by atoms with E-state index in [-0.39, 0.29) is 56.6 Å². The van der Waals surface area contributed by atoms with Crippen LogP contribution in [0.25, 0.3) is 0 Å². The van der Waals surface area contributed by atoms with Crippen molar-refractivity contribution < 1.29 is 29.4 Å². The molecular formula is C26H42N10O6. The van der Waals surface area contributed by atoms with Crippen molar-refractivity contribution in [1.82, 2.24) is 15.5 Å². The highest BCUT2D eigenvalue weighted by molar-refractivity contribution is 5.94. The second-order valence-electron chi connectivity index (χ2n) is 10.0. The summed E-state index contributed by atoms with van der Waals surface area (Å²) in [6.07, 6.45) is 1.94. The second kappa shape index (κ2) is 16.6. The molecule has 1 aromatic rings. The number of carbonyl (C=O) groups is 4. The molecule has 0 aromatic heterocycles. The average Bonchev–Trinajstić information content (AvgIpc) is 3.43. The number of nitrogens with one attached hydrogen (secondary N) is 2. The van der Waals surface area contributed by atoms with Crippen molar-refractivity contribution in [3.05, 3.63) is 29.8 Å². The number of benzene rings is 1. The lowest BCUT2D eigenvalue weighted by atomic mass is 10.0. The number of rotatable bonds is 16. The van der Waals surface area contributed by atoms with E-state index in [0.29, 0.717) is 31.2 Å². The van der Waals surface area contributed by atoms with Crippen LogP contribution in [0.4, 0.5) is 0 Å². The monoisotopic (exact) mass is 590 g/mol. The summed E-state index contributed by atoms with van der Waals surface area (Å²) in [5, 5.41) is 24.6. The molecule has 0 saturated carbocycles. The predicted molar refractivity (Wildman–Crippen MR) is 156 cm³/mol. The van der Waals surface area contributed by atoms with Gasteiger partial charge in [-0.15, -0.1) is 0 Å². The molecule has 2 rings (SSSR count). The molecule has 0 bridgehead atoms. The lowest BCUT2D eigenvalue weighted by molar-refractivity contribution is -0.149. The number of aliphatic carboxylic acids is 1. The number of phenols is 1. The van der Waals surface area contributed by atoms with E-state index in [1.54, 1.807) is 12.1 Å². The van der Waals surface area contributed by atoms with Gasteiger partial charge in [0.2, 0.25) is 17.7 Å². The number of guanidine groups is 2. The zero-order valence-electron chi connectivity index (χ0n) is 23.4. The van der Waals surface area contributed by atoms with Gasteiger partial charge in [-0.3, -0.25) is 24.4 Å². The molecule has 14 N–H and O–H groups in total. The number of nitrogens with two attached hydrogens (primary N) is 5. The van der Waals surface area contributed by atoms with Crippen LogP contribution < -0.4 is 39.3 Å². The number of amides is 3. The van der Waals surface area contributed by atoms with Gasteiger partial charge in [-0.25, -0.2) is 4.79 Å². The summed E-state index contributed by atoms with van der Waals surface area (Å²) in [5.74, 6) is -3.13. The van der Waals surface area contributed by atoms with Crippen molar-refractivity contribution in [3.8, 4) is 5.75 Å². The third kappa shape index (κ3) is 11.1. The first-order chi connectivity index (χ1) is 19.9. The Hall–Kier alpha value is -4.60. The Morgan fingerprint density at radius 2 is 1.48 bits per heavy atom. The Labute approximate surface area is 243 Å². The number of hydrogen-bond acceptors (Lipinski definition) is 8. The van der Waals surface area contributed by atoms with Crippen molar-refractivity contribution >= 4 is 35.6 Å². The van der Waals surface area contributed by atoms with Gasteiger partial charge >= 0.3 is 5.97 Å². The van der Waals surface area contributed by atoms with E-state index in [0.717, 1.165) is 0 Å². The minimum atomic E-state index is -1.15. The Bertz CT molecular complexity index is 1130. The van der Waals surface area contributed by atoms with Crippen LogP contribution >= 0.6 is 0 Å². The van der Waals surface area contributed by atoms with E-state index >= 15 is 0 Å². The third-order valence-corrected chi connectivity index (χ3v) is 6.69. The molecule has 1 fully saturated rings. The van der Waals surface area contributed by atoms with Crippen molar-refractivity contribution in [1.29, 1.82) is 0 Å². The summed E-state index contributed by atoms with van der Waals surface area (Å²) in [6, 6.07) is 1.86. The summed E-state index contributed by atoms with van der Waals surface area (Å²) in [4.78, 5) is 60.7. The molecule has 16 heteroatoms. The molecule has 0 aliphatic carbocycles. The van der Waals surface area contributed by atoms with Crippen molar-refractivity contribution in [2.75, 3.05) is 19.6 Å². The first kappa shape index (κ1) is 33.6. The molecule has 16 nitrogen and oxygen atoms in total. The average molecular weight is 591 g/mol. The molecule has 1 aliphatic rings. The maximum Gasteiger partial charge on any atom is 0.326 e. The Morgan fingerprint density at radius 1 is 0.905 bits per heavy atom. The number of hydrogen-bond donors (Lipinski definition) is 9. The van der Waals surface area contributed by atoms with Crippen molar-refractivity contribution in [3.63, 3.8) is 0 Å².